The number of nitrogens with one attached hydrogen (secondary N) is 1. The van der Waals surface area contributed by atoms with Gasteiger partial charge in [0.2, 0.25) is 5.75 Å². The molecule has 1 aromatic carbocycles. The zero-order chi connectivity index (χ0) is 20.5. The number of carbonyl (C=O) groups excluding carboxylic acids is 1. The van der Waals surface area contributed by atoms with E-state index in [-0.39, 0.29) is 23.5 Å². The molecule has 2 heterocycles. The first-order valence-corrected chi connectivity index (χ1v) is 9.88. The number of hydrogen-bond acceptors (Lipinski definition) is 8. The molecule has 29 heavy (non-hydrogen) atoms. The molecule has 1 aliphatic rings. The molecule has 2 aromatic heterocycles. The number of benzene rings is 1. The lowest BCUT2D eigenvalue weighted by Gasteiger charge is -2.15. The van der Waals surface area contributed by atoms with E-state index in [1.807, 2.05) is 0 Å². The van der Waals surface area contributed by atoms with E-state index < -0.39 is 5.97 Å². The smallest absolute Gasteiger partial charge is 0.342 e. The number of aromatic nitrogens is 2. The normalized spacial score (nSPS) is 12.7. The van der Waals surface area contributed by atoms with Gasteiger partial charge in [-0.25, -0.2) is 9.78 Å². The first-order chi connectivity index (χ1) is 14.1. The van der Waals surface area contributed by atoms with Gasteiger partial charge in [-0.2, -0.15) is 0 Å². The predicted octanol–water partition coefficient (Wildman–Crippen LogP) is 2.86. The SMILES string of the molecule is COc1ccc(C(=O)OCc2nc3sc4c(c3c(=O)[nH]2)CCC4)c(OC)c1OC. The molecule has 0 fully saturated rings. The molecule has 0 unspecified atom stereocenters. The molecule has 0 amide bonds. The van der Waals surface area contributed by atoms with Crippen LogP contribution in [0.3, 0.4) is 0 Å². The summed E-state index contributed by atoms with van der Waals surface area (Å²) in [6.45, 7) is -0.163. The Bertz CT molecular complexity index is 1150. The second kappa shape index (κ2) is 7.75. The van der Waals surface area contributed by atoms with Crippen LogP contribution in [0, 0.1) is 0 Å². The summed E-state index contributed by atoms with van der Waals surface area (Å²) in [5, 5.41) is 0.666. The number of H-pyrrole nitrogens is 1. The first kappa shape index (κ1) is 19.3. The van der Waals surface area contributed by atoms with Crippen molar-refractivity contribution < 1.29 is 23.7 Å². The van der Waals surface area contributed by atoms with E-state index in [1.165, 1.54) is 43.6 Å². The molecule has 1 N–H and O–H groups in total. The maximum Gasteiger partial charge on any atom is 0.342 e. The van der Waals surface area contributed by atoms with E-state index in [0.717, 1.165) is 24.8 Å². The number of hydrogen-bond donors (Lipinski definition) is 1. The summed E-state index contributed by atoms with van der Waals surface area (Å²) in [6, 6.07) is 3.13. The van der Waals surface area contributed by atoms with Crippen LogP contribution in [0.2, 0.25) is 0 Å². The number of thiophene rings is 1. The lowest BCUT2D eigenvalue weighted by Crippen LogP contribution is -2.15. The minimum atomic E-state index is -0.626. The van der Waals surface area contributed by atoms with Crippen LogP contribution in [0.25, 0.3) is 10.2 Å². The highest BCUT2D eigenvalue weighted by molar-refractivity contribution is 7.18. The number of nitrogens with zero attached hydrogens (tertiary/aromatic N) is 1. The van der Waals surface area contributed by atoms with Crippen molar-refractivity contribution in [1.82, 2.24) is 9.97 Å². The van der Waals surface area contributed by atoms with Crippen molar-refractivity contribution in [2.45, 2.75) is 25.9 Å². The van der Waals surface area contributed by atoms with E-state index in [2.05, 4.69) is 9.97 Å². The third kappa shape index (κ3) is 3.31. The summed E-state index contributed by atoms with van der Waals surface area (Å²) >= 11 is 1.54. The number of esters is 1. The molecule has 4 rings (SSSR count). The number of rotatable bonds is 6. The van der Waals surface area contributed by atoms with Gasteiger partial charge in [-0.3, -0.25) is 4.79 Å². The molecule has 0 saturated heterocycles. The van der Waals surface area contributed by atoms with Crippen molar-refractivity contribution in [2.24, 2.45) is 0 Å². The van der Waals surface area contributed by atoms with Gasteiger partial charge in [0.1, 0.15) is 22.8 Å². The van der Waals surface area contributed by atoms with E-state index >= 15 is 0 Å². The molecule has 152 valence electrons. The Morgan fingerprint density at radius 3 is 2.66 bits per heavy atom. The molecule has 0 atom stereocenters. The summed E-state index contributed by atoms with van der Waals surface area (Å²) in [5.41, 5.74) is 1.10. The number of aromatic amines is 1. The molecule has 0 saturated carbocycles. The molecule has 3 aromatic rings. The number of ether oxygens (including phenoxy) is 4. The van der Waals surface area contributed by atoms with Crippen LogP contribution < -0.4 is 19.8 Å². The Kier molecular flexibility index (Phi) is 5.14. The fraction of sp³-hybridized carbons (Fsp3) is 0.350. The van der Waals surface area contributed by atoms with Crippen molar-refractivity contribution >= 4 is 27.5 Å². The van der Waals surface area contributed by atoms with Crippen molar-refractivity contribution in [2.75, 3.05) is 21.3 Å². The summed E-state index contributed by atoms with van der Waals surface area (Å²) in [5.74, 6) is 0.617. The van der Waals surface area contributed by atoms with Crippen LogP contribution in [0.15, 0.2) is 16.9 Å². The molecule has 9 heteroatoms. The number of aryl methyl sites for hydroxylation is 2. The maximum absolute atomic E-state index is 12.6. The monoisotopic (exact) mass is 416 g/mol. The highest BCUT2D eigenvalue weighted by atomic mass is 32.1. The minimum absolute atomic E-state index is 0.163. The molecule has 1 aliphatic carbocycles. The van der Waals surface area contributed by atoms with Crippen LogP contribution in [-0.4, -0.2) is 37.3 Å². The van der Waals surface area contributed by atoms with Gasteiger partial charge < -0.3 is 23.9 Å². The van der Waals surface area contributed by atoms with Gasteiger partial charge in [0.05, 0.1) is 26.7 Å². The van der Waals surface area contributed by atoms with E-state index in [1.54, 1.807) is 6.07 Å². The fourth-order valence-corrected chi connectivity index (χ4v) is 4.87. The Morgan fingerprint density at radius 2 is 1.93 bits per heavy atom. The van der Waals surface area contributed by atoms with E-state index in [0.29, 0.717) is 27.5 Å². The summed E-state index contributed by atoms with van der Waals surface area (Å²) in [7, 11) is 4.38. The van der Waals surface area contributed by atoms with Gasteiger partial charge in [0, 0.05) is 4.88 Å². The third-order valence-corrected chi connectivity index (χ3v) is 6.07. The second-order valence-corrected chi connectivity index (χ2v) is 7.59. The number of fused-ring (bicyclic) bond motifs is 3. The third-order valence-electron chi connectivity index (χ3n) is 4.89. The number of methoxy groups -OCH3 is 3. The summed E-state index contributed by atoms with van der Waals surface area (Å²) < 4.78 is 21.2. The van der Waals surface area contributed by atoms with E-state index in [4.69, 9.17) is 18.9 Å². The maximum atomic E-state index is 12.6. The van der Waals surface area contributed by atoms with Crippen LogP contribution >= 0.6 is 11.3 Å². The van der Waals surface area contributed by atoms with Crippen LogP contribution in [0.5, 0.6) is 17.2 Å². The molecule has 0 aliphatic heterocycles. The van der Waals surface area contributed by atoms with Crippen LogP contribution in [0.1, 0.15) is 33.0 Å². The van der Waals surface area contributed by atoms with Gasteiger partial charge in [-0.15, -0.1) is 11.3 Å². The van der Waals surface area contributed by atoms with Crippen molar-refractivity contribution in [3.63, 3.8) is 0 Å². The highest BCUT2D eigenvalue weighted by Crippen LogP contribution is 2.40. The van der Waals surface area contributed by atoms with Crippen LogP contribution in [0.4, 0.5) is 0 Å². The highest BCUT2D eigenvalue weighted by Gasteiger charge is 2.23. The molecule has 8 nitrogen and oxygen atoms in total. The molecular weight excluding hydrogens is 396 g/mol. The van der Waals surface area contributed by atoms with Gasteiger partial charge >= 0.3 is 5.97 Å². The Hall–Kier alpha value is -3.07. The second-order valence-electron chi connectivity index (χ2n) is 6.51. The lowest BCUT2D eigenvalue weighted by molar-refractivity contribution is 0.0458. The van der Waals surface area contributed by atoms with Crippen molar-refractivity contribution in [1.29, 1.82) is 0 Å². The Balaban J connectivity index is 1.58. The standard InChI is InChI=1S/C20H20N2O6S/c1-25-12-8-7-11(16(26-2)17(12)27-3)20(24)28-9-14-21-18(23)15-10-5-4-6-13(10)29-19(15)22-14/h7-8H,4-6,9H2,1-3H3,(H,21,22,23). The Labute approximate surface area is 170 Å². The van der Waals surface area contributed by atoms with Gasteiger partial charge in [-0.1, -0.05) is 0 Å². The minimum Gasteiger partial charge on any atom is -0.493 e. The number of carbonyl (C=O) groups is 1. The molecular formula is C20H20N2O6S. The average molecular weight is 416 g/mol. The molecule has 0 bridgehead atoms. The fourth-order valence-electron chi connectivity index (χ4n) is 3.59. The molecule has 0 spiro atoms. The van der Waals surface area contributed by atoms with Gasteiger partial charge in [0.15, 0.2) is 11.5 Å². The zero-order valence-corrected chi connectivity index (χ0v) is 17.1. The average Bonchev–Trinajstić information content (AvgIpc) is 3.31. The summed E-state index contributed by atoms with van der Waals surface area (Å²) in [4.78, 5) is 34.2. The van der Waals surface area contributed by atoms with Crippen molar-refractivity contribution in [3.8, 4) is 17.2 Å². The largest absolute Gasteiger partial charge is 0.493 e. The Morgan fingerprint density at radius 1 is 1.14 bits per heavy atom. The topological polar surface area (TPSA) is 99.7 Å². The first-order valence-electron chi connectivity index (χ1n) is 9.06. The van der Waals surface area contributed by atoms with Crippen LogP contribution in [-0.2, 0) is 24.2 Å². The quantitative estimate of drug-likeness (QED) is 0.617. The molecule has 0 radical (unpaired) electrons. The zero-order valence-electron chi connectivity index (χ0n) is 16.3. The van der Waals surface area contributed by atoms with Gasteiger partial charge in [0.25, 0.3) is 5.56 Å². The van der Waals surface area contributed by atoms with Gasteiger partial charge in [-0.05, 0) is 37.0 Å². The predicted molar refractivity (Wildman–Crippen MR) is 107 cm³/mol. The van der Waals surface area contributed by atoms with Crippen molar-refractivity contribution in [3.05, 3.63) is 44.3 Å². The van der Waals surface area contributed by atoms with E-state index in [9.17, 15) is 9.59 Å². The summed E-state index contributed by atoms with van der Waals surface area (Å²) in [6.07, 6.45) is 2.97. The lowest BCUT2D eigenvalue weighted by atomic mass is 10.1.